The SMILES string of the molecule is COc1cc2c(cc1OC)[C@H](NC(=O)[C@@H](Nc1ccc3c(cc1=O)[C@@H](NC(C)=O)CCc1cc(OC)c(OC)c(OC)c1-3)C(C)C)CC2. The first kappa shape index (κ1) is 34.4. The molecule has 0 unspecified atom stereocenters. The maximum atomic E-state index is 13.9. The van der Waals surface area contributed by atoms with E-state index in [0.717, 1.165) is 35.1 Å². The van der Waals surface area contributed by atoms with Gasteiger partial charge in [0.15, 0.2) is 23.0 Å². The number of anilines is 1. The fraction of sp³-hybridized carbons (Fsp3) is 0.432. The predicted molar refractivity (Wildman–Crippen MR) is 184 cm³/mol. The van der Waals surface area contributed by atoms with Crippen LogP contribution >= 0.6 is 0 Å². The molecule has 2 aliphatic rings. The molecule has 3 aromatic rings. The second-order valence-electron chi connectivity index (χ2n) is 12.5. The number of nitrogens with one attached hydrogen (secondary N) is 3. The van der Waals surface area contributed by atoms with Crippen LogP contribution in [0.1, 0.15) is 68.0 Å². The van der Waals surface area contributed by atoms with Crippen LogP contribution in [0.15, 0.2) is 41.2 Å². The summed E-state index contributed by atoms with van der Waals surface area (Å²) in [5, 5.41) is 9.49. The summed E-state index contributed by atoms with van der Waals surface area (Å²) in [6.07, 6.45) is 2.67. The molecule has 2 amide bonds. The van der Waals surface area contributed by atoms with Crippen molar-refractivity contribution in [3.63, 3.8) is 0 Å². The molecule has 11 nitrogen and oxygen atoms in total. The van der Waals surface area contributed by atoms with E-state index < -0.39 is 12.1 Å². The molecule has 0 fully saturated rings. The highest BCUT2D eigenvalue weighted by atomic mass is 16.5. The molecular weight excluding hydrogens is 614 g/mol. The van der Waals surface area contributed by atoms with Gasteiger partial charge in [0.2, 0.25) is 23.0 Å². The normalized spacial score (nSPS) is 16.8. The van der Waals surface area contributed by atoms with Gasteiger partial charge in [-0.2, -0.15) is 0 Å². The van der Waals surface area contributed by atoms with Crippen molar-refractivity contribution >= 4 is 17.5 Å². The molecule has 256 valence electrons. The Bertz CT molecular complexity index is 1770. The number of carbonyl (C=O) groups is 2. The van der Waals surface area contributed by atoms with Crippen molar-refractivity contribution in [2.24, 2.45) is 5.92 Å². The fourth-order valence-corrected chi connectivity index (χ4v) is 6.87. The largest absolute Gasteiger partial charge is 0.493 e. The lowest BCUT2D eigenvalue weighted by Gasteiger charge is -2.25. The van der Waals surface area contributed by atoms with Gasteiger partial charge in [-0.1, -0.05) is 19.9 Å². The van der Waals surface area contributed by atoms with E-state index >= 15 is 0 Å². The molecule has 2 aliphatic carbocycles. The summed E-state index contributed by atoms with van der Waals surface area (Å²) in [5.41, 5.74) is 5.08. The second-order valence-corrected chi connectivity index (χ2v) is 12.5. The summed E-state index contributed by atoms with van der Waals surface area (Å²) in [6, 6.07) is 9.52. The van der Waals surface area contributed by atoms with Gasteiger partial charge in [-0.3, -0.25) is 14.4 Å². The van der Waals surface area contributed by atoms with Crippen molar-refractivity contribution < 1.29 is 33.3 Å². The highest BCUT2D eigenvalue weighted by Crippen LogP contribution is 2.50. The van der Waals surface area contributed by atoms with Gasteiger partial charge in [-0.15, -0.1) is 0 Å². The molecule has 0 saturated carbocycles. The number of carbonyl (C=O) groups excluding carboxylic acids is 2. The highest BCUT2D eigenvalue weighted by Gasteiger charge is 2.32. The van der Waals surface area contributed by atoms with Crippen molar-refractivity contribution in [3.8, 4) is 39.9 Å². The van der Waals surface area contributed by atoms with Crippen LogP contribution in [-0.4, -0.2) is 53.4 Å². The number of ether oxygens (including phenoxy) is 5. The van der Waals surface area contributed by atoms with Crippen molar-refractivity contribution in [2.45, 2.75) is 64.6 Å². The van der Waals surface area contributed by atoms with Crippen LogP contribution in [0.4, 0.5) is 5.69 Å². The van der Waals surface area contributed by atoms with E-state index in [1.54, 1.807) is 47.7 Å². The molecule has 48 heavy (non-hydrogen) atoms. The van der Waals surface area contributed by atoms with E-state index in [0.29, 0.717) is 52.7 Å². The van der Waals surface area contributed by atoms with Crippen LogP contribution in [0.2, 0.25) is 0 Å². The lowest BCUT2D eigenvalue weighted by Crippen LogP contribution is -2.44. The zero-order valence-electron chi connectivity index (χ0n) is 28.9. The average Bonchev–Trinajstić information content (AvgIpc) is 3.30. The molecule has 3 N–H and O–H groups in total. The van der Waals surface area contributed by atoms with Crippen LogP contribution in [0, 0.1) is 5.92 Å². The van der Waals surface area contributed by atoms with Crippen LogP contribution in [0.3, 0.4) is 0 Å². The summed E-state index contributed by atoms with van der Waals surface area (Å²) >= 11 is 0. The van der Waals surface area contributed by atoms with Gasteiger partial charge in [0.1, 0.15) is 6.04 Å². The molecule has 0 heterocycles. The third-order valence-electron chi connectivity index (χ3n) is 9.22. The summed E-state index contributed by atoms with van der Waals surface area (Å²) < 4.78 is 28.2. The standard InChI is InChI=1S/C37H45N3O8/c1-19(2)34(37(43)40-26-12-9-21-15-30(44-4)31(45-5)18-24(21)26)39-28-14-11-23-25(17-29(28)42)27(38-20(3)41)13-10-22-16-32(46-6)35(47-7)36(48-8)33(22)23/h11,14-19,26-27,34H,9-10,12-13H2,1-8H3,(H,38,41)(H,39,42)(H,40,43)/t26-,27+,34+/m1/s1. The lowest BCUT2D eigenvalue weighted by atomic mass is 9.95. The number of rotatable bonds is 11. The Morgan fingerprint density at radius 2 is 1.33 bits per heavy atom. The summed E-state index contributed by atoms with van der Waals surface area (Å²) in [7, 11) is 7.86. The number of methoxy groups -OCH3 is 5. The molecule has 3 atom stereocenters. The monoisotopic (exact) mass is 659 g/mol. The number of aryl methyl sites for hydroxylation is 2. The van der Waals surface area contributed by atoms with Gasteiger partial charge < -0.3 is 39.6 Å². The molecule has 0 aliphatic heterocycles. The predicted octanol–water partition coefficient (Wildman–Crippen LogP) is 5.12. The average molecular weight is 660 g/mol. The van der Waals surface area contributed by atoms with Gasteiger partial charge in [0, 0.05) is 12.5 Å². The number of fused-ring (bicyclic) bond motifs is 4. The summed E-state index contributed by atoms with van der Waals surface area (Å²) in [5.74, 6) is 2.10. The molecule has 0 aromatic heterocycles. The van der Waals surface area contributed by atoms with Crippen LogP contribution in [0.25, 0.3) is 11.1 Å². The molecule has 0 radical (unpaired) electrons. The summed E-state index contributed by atoms with van der Waals surface area (Å²) in [4.78, 5) is 40.1. The van der Waals surface area contributed by atoms with E-state index in [1.807, 2.05) is 38.1 Å². The number of benzene rings is 2. The van der Waals surface area contributed by atoms with Crippen LogP contribution < -0.4 is 45.1 Å². The molecule has 0 saturated heterocycles. The Balaban J connectivity index is 1.54. The Morgan fingerprint density at radius 3 is 1.94 bits per heavy atom. The minimum atomic E-state index is -0.707. The molecule has 0 bridgehead atoms. The number of hydrogen-bond donors (Lipinski definition) is 3. The van der Waals surface area contributed by atoms with Crippen molar-refractivity contribution in [3.05, 3.63) is 68.9 Å². The zero-order chi connectivity index (χ0) is 34.7. The number of amides is 2. The van der Waals surface area contributed by atoms with E-state index in [1.165, 1.54) is 6.92 Å². The third-order valence-corrected chi connectivity index (χ3v) is 9.22. The molecular formula is C37H45N3O8. The smallest absolute Gasteiger partial charge is 0.243 e. The first-order chi connectivity index (χ1) is 23.0. The Labute approximate surface area is 281 Å². The van der Waals surface area contributed by atoms with Crippen LogP contribution in [0.5, 0.6) is 28.7 Å². The molecule has 0 spiro atoms. The first-order valence-electron chi connectivity index (χ1n) is 16.1. The number of hydrogen-bond acceptors (Lipinski definition) is 9. The highest BCUT2D eigenvalue weighted by molar-refractivity contribution is 5.86. The van der Waals surface area contributed by atoms with E-state index in [9.17, 15) is 14.4 Å². The van der Waals surface area contributed by atoms with E-state index in [-0.39, 0.29) is 34.9 Å². The topological polar surface area (TPSA) is 133 Å². The lowest BCUT2D eigenvalue weighted by molar-refractivity contribution is -0.123. The molecule has 3 aromatic carbocycles. The quantitative estimate of drug-likeness (QED) is 0.257. The first-order valence-corrected chi connectivity index (χ1v) is 16.1. The Kier molecular flexibility index (Phi) is 10.4. The summed E-state index contributed by atoms with van der Waals surface area (Å²) in [6.45, 7) is 5.33. The second kappa shape index (κ2) is 14.5. The van der Waals surface area contributed by atoms with E-state index in [4.69, 9.17) is 23.7 Å². The minimum absolute atomic E-state index is 0.149. The fourth-order valence-electron chi connectivity index (χ4n) is 6.87. The van der Waals surface area contributed by atoms with E-state index in [2.05, 4.69) is 16.0 Å². The van der Waals surface area contributed by atoms with Crippen LogP contribution in [-0.2, 0) is 22.4 Å². The van der Waals surface area contributed by atoms with Gasteiger partial charge in [-0.05, 0) is 89.8 Å². The Hall–Kier alpha value is -4.93. The van der Waals surface area contributed by atoms with Gasteiger partial charge in [0.05, 0.1) is 53.3 Å². The van der Waals surface area contributed by atoms with Crippen molar-refractivity contribution in [2.75, 3.05) is 40.9 Å². The Morgan fingerprint density at radius 1 is 0.729 bits per heavy atom. The maximum Gasteiger partial charge on any atom is 0.243 e. The van der Waals surface area contributed by atoms with Crippen molar-refractivity contribution in [1.29, 1.82) is 0 Å². The zero-order valence-corrected chi connectivity index (χ0v) is 28.9. The molecule has 11 heteroatoms. The van der Waals surface area contributed by atoms with Gasteiger partial charge in [-0.25, -0.2) is 0 Å². The molecule has 5 rings (SSSR count). The van der Waals surface area contributed by atoms with Gasteiger partial charge >= 0.3 is 0 Å². The minimum Gasteiger partial charge on any atom is -0.493 e. The van der Waals surface area contributed by atoms with Crippen molar-refractivity contribution in [1.82, 2.24) is 10.6 Å². The maximum absolute atomic E-state index is 13.9. The third kappa shape index (κ3) is 6.58. The van der Waals surface area contributed by atoms with Gasteiger partial charge in [0.25, 0.3) is 0 Å².